The smallest absolute Gasteiger partial charge is 0.194 e. The second-order valence-corrected chi connectivity index (χ2v) is 5.04. The monoisotopic (exact) mass is 259 g/mol. The Morgan fingerprint density at radius 1 is 1.37 bits per heavy atom. The summed E-state index contributed by atoms with van der Waals surface area (Å²) in [5, 5.41) is 3.44. The molecule has 0 unspecified atom stereocenters. The maximum atomic E-state index is 5.51. The Balaban J connectivity index is 1.64. The summed E-state index contributed by atoms with van der Waals surface area (Å²) in [6.45, 7) is 7.58. The number of hydrogen-bond donors (Lipinski definition) is 1. The minimum absolute atomic E-state index is 0.755. The normalized spacial score (nSPS) is 18.2. The van der Waals surface area contributed by atoms with Gasteiger partial charge in [0.2, 0.25) is 0 Å². The van der Waals surface area contributed by atoms with Gasteiger partial charge in [-0.1, -0.05) is 18.2 Å². The maximum absolute atomic E-state index is 5.51. The van der Waals surface area contributed by atoms with Gasteiger partial charge in [0.1, 0.15) is 0 Å². The van der Waals surface area contributed by atoms with Gasteiger partial charge >= 0.3 is 0 Å². The summed E-state index contributed by atoms with van der Waals surface area (Å²) < 4.78 is 5.51. The zero-order chi connectivity index (χ0) is 13.1. The Morgan fingerprint density at radius 2 is 2.32 bits per heavy atom. The molecule has 0 radical (unpaired) electrons. The van der Waals surface area contributed by atoms with Crippen molar-refractivity contribution in [2.75, 3.05) is 26.2 Å². The van der Waals surface area contributed by atoms with E-state index in [4.69, 9.17) is 4.74 Å². The molecule has 0 saturated heterocycles. The zero-order valence-corrected chi connectivity index (χ0v) is 11.5. The predicted molar refractivity (Wildman–Crippen MR) is 76.2 cm³/mol. The highest BCUT2D eigenvalue weighted by Crippen LogP contribution is 2.18. The summed E-state index contributed by atoms with van der Waals surface area (Å²) in [5.74, 6) is 1.04. The molecule has 0 aromatic heterocycles. The van der Waals surface area contributed by atoms with Crippen molar-refractivity contribution < 1.29 is 4.74 Å². The van der Waals surface area contributed by atoms with E-state index >= 15 is 0 Å². The van der Waals surface area contributed by atoms with Crippen molar-refractivity contribution in [3.05, 3.63) is 34.9 Å². The highest BCUT2D eigenvalue weighted by atomic mass is 16.5. The summed E-state index contributed by atoms with van der Waals surface area (Å²) in [6.07, 6.45) is 1.04. The molecule has 1 aromatic rings. The van der Waals surface area contributed by atoms with Crippen LogP contribution in [0.1, 0.15) is 23.6 Å². The van der Waals surface area contributed by atoms with E-state index in [0.29, 0.717) is 0 Å². The second-order valence-electron chi connectivity index (χ2n) is 5.04. The SMILES string of the molecule is CCN1CCN=C1NCc1ccc2c(c1)COCC2. The molecule has 4 heteroatoms. The summed E-state index contributed by atoms with van der Waals surface area (Å²) in [4.78, 5) is 6.78. The van der Waals surface area contributed by atoms with Crippen molar-refractivity contribution in [2.24, 2.45) is 4.99 Å². The molecule has 0 bridgehead atoms. The minimum Gasteiger partial charge on any atom is -0.376 e. The Kier molecular flexibility index (Phi) is 3.69. The summed E-state index contributed by atoms with van der Waals surface area (Å²) in [7, 11) is 0. The first-order valence-corrected chi connectivity index (χ1v) is 7.08. The lowest BCUT2D eigenvalue weighted by Gasteiger charge is -2.20. The Hall–Kier alpha value is -1.55. The van der Waals surface area contributed by atoms with Crippen molar-refractivity contribution in [3.63, 3.8) is 0 Å². The fourth-order valence-electron chi connectivity index (χ4n) is 2.67. The average molecular weight is 259 g/mol. The highest BCUT2D eigenvalue weighted by Gasteiger charge is 2.14. The second kappa shape index (κ2) is 5.61. The Labute approximate surface area is 114 Å². The van der Waals surface area contributed by atoms with Gasteiger partial charge in [-0.3, -0.25) is 4.99 Å². The topological polar surface area (TPSA) is 36.9 Å². The molecule has 4 nitrogen and oxygen atoms in total. The Morgan fingerprint density at radius 3 is 3.21 bits per heavy atom. The van der Waals surface area contributed by atoms with Crippen LogP contribution >= 0.6 is 0 Å². The van der Waals surface area contributed by atoms with Crippen LogP contribution in [0.4, 0.5) is 0 Å². The van der Waals surface area contributed by atoms with E-state index in [9.17, 15) is 0 Å². The number of nitrogens with zero attached hydrogens (tertiary/aromatic N) is 2. The molecule has 0 amide bonds. The third-order valence-corrected chi connectivity index (χ3v) is 3.81. The molecule has 3 rings (SSSR count). The lowest BCUT2D eigenvalue weighted by Crippen LogP contribution is -2.37. The number of benzene rings is 1. The van der Waals surface area contributed by atoms with Crippen LogP contribution in [-0.2, 0) is 24.3 Å². The lowest BCUT2D eigenvalue weighted by atomic mass is 10.0. The lowest BCUT2D eigenvalue weighted by molar-refractivity contribution is 0.110. The summed E-state index contributed by atoms with van der Waals surface area (Å²) in [5.41, 5.74) is 4.07. The van der Waals surface area contributed by atoms with Gasteiger partial charge in [0.25, 0.3) is 0 Å². The van der Waals surface area contributed by atoms with E-state index < -0.39 is 0 Å². The molecule has 0 aliphatic carbocycles. The van der Waals surface area contributed by atoms with E-state index in [1.165, 1.54) is 16.7 Å². The number of aliphatic imine (C=N–C) groups is 1. The van der Waals surface area contributed by atoms with Crippen LogP contribution in [0.15, 0.2) is 23.2 Å². The molecule has 2 heterocycles. The number of hydrogen-bond acceptors (Lipinski definition) is 4. The molecule has 1 N–H and O–H groups in total. The summed E-state index contributed by atoms with van der Waals surface area (Å²) in [6, 6.07) is 6.71. The first-order chi connectivity index (χ1) is 9.36. The fraction of sp³-hybridized carbons (Fsp3) is 0.533. The van der Waals surface area contributed by atoms with Crippen molar-refractivity contribution >= 4 is 5.96 Å². The number of rotatable bonds is 3. The molecule has 0 spiro atoms. The molecular formula is C15H21N3O. The van der Waals surface area contributed by atoms with Crippen LogP contribution < -0.4 is 5.32 Å². The van der Waals surface area contributed by atoms with Crippen molar-refractivity contribution in [3.8, 4) is 0 Å². The third kappa shape index (κ3) is 2.73. The average Bonchev–Trinajstić information content (AvgIpc) is 2.92. The number of guanidine groups is 1. The van der Waals surface area contributed by atoms with Crippen molar-refractivity contribution in [1.29, 1.82) is 0 Å². The number of fused-ring (bicyclic) bond motifs is 1. The van der Waals surface area contributed by atoms with Crippen LogP contribution in [0.25, 0.3) is 0 Å². The highest BCUT2D eigenvalue weighted by molar-refractivity contribution is 5.81. The van der Waals surface area contributed by atoms with Crippen LogP contribution in [0.2, 0.25) is 0 Å². The van der Waals surface area contributed by atoms with E-state index in [-0.39, 0.29) is 0 Å². The molecule has 19 heavy (non-hydrogen) atoms. The van der Waals surface area contributed by atoms with Crippen LogP contribution in [0, 0.1) is 0 Å². The third-order valence-electron chi connectivity index (χ3n) is 3.81. The van der Waals surface area contributed by atoms with Crippen LogP contribution in [0.3, 0.4) is 0 Å². The number of ether oxygens (including phenoxy) is 1. The molecule has 102 valence electrons. The zero-order valence-electron chi connectivity index (χ0n) is 11.5. The summed E-state index contributed by atoms with van der Waals surface area (Å²) >= 11 is 0. The Bertz CT molecular complexity index is 484. The van der Waals surface area contributed by atoms with Crippen LogP contribution in [0.5, 0.6) is 0 Å². The van der Waals surface area contributed by atoms with Crippen molar-refractivity contribution in [2.45, 2.75) is 26.5 Å². The van der Waals surface area contributed by atoms with Gasteiger partial charge in [0.15, 0.2) is 5.96 Å². The van der Waals surface area contributed by atoms with Gasteiger partial charge in [-0.15, -0.1) is 0 Å². The van der Waals surface area contributed by atoms with Crippen LogP contribution in [-0.4, -0.2) is 37.1 Å². The van der Waals surface area contributed by atoms with Gasteiger partial charge in [0.05, 0.1) is 19.8 Å². The van der Waals surface area contributed by atoms with E-state index in [0.717, 1.165) is 51.8 Å². The largest absolute Gasteiger partial charge is 0.376 e. The van der Waals surface area contributed by atoms with E-state index in [1.807, 2.05) is 0 Å². The molecular weight excluding hydrogens is 238 g/mol. The number of likely N-dealkylation sites (N-methyl/N-ethyl adjacent to an activating group) is 1. The molecule has 2 aliphatic heterocycles. The van der Waals surface area contributed by atoms with Gasteiger partial charge in [-0.05, 0) is 30.0 Å². The maximum Gasteiger partial charge on any atom is 0.194 e. The van der Waals surface area contributed by atoms with E-state index in [2.05, 4.69) is 40.3 Å². The van der Waals surface area contributed by atoms with Gasteiger partial charge in [0, 0.05) is 19.6 Å². The van der Waals surface area contributed by atoms with E-state index in [1.54, 1.807) is 0 Å². The quantitative estimate of drug-likeness (QED) is 0.894. The first kappa shape index (κ1) is 12.5. The van der Waals surface area contributed by atoms with Gasteiger partial charge in [-0.2, -0.15) is 0 Å². The molecule has 2 aliphatic rings. The predicted octanol–water partition coefficient (Wildman–Crippen LogP) is 1.54. The molecule has 0 atom stereocenters. The van der Waals surface area contributed by atoms with Gasteiger partial charge in [-0.25, -0.2) is 0 Å². The molecule has 1 aromatic carbocycles. The standard InChI is InChI=1S/C15H21N3O/c1-2-18-7-6-16-15(18)17-10-12-3-4-13-5-8-19-11-14(13)9-12/h3-4,9H,2,5-8,10-11H2,1H3,(H,16,17). The molecule has 0 fully saturated rings. The fourth-order valence-corrected chi connectivity index (χ4v) is 2.67. The minimum atomic E-state index is 0.755. The molecule has 0 saturated carbocycles. The number of nitrogens with one attached hydrogen (secondary N) is 1. The first-order valence-electron chi connectivity index (χ1n) is 7.08. The van der Waals surface area contributed by atoms with Gasteiger partial charge < -0.3 is 15.0 Å². The van der Waals surface area contributed by atoms with Crippen molar-refractivity contribution in [1.82, 2.24) is 10.2 Å².